The van der Waals surface area contributed by atoms with E-state index in [4.69, 9.17) is 4.74 Å². The second-order valence-corrected chi connectivity index (χ2v) is 6.64. The van der Waals surface area contributed by atoms with E-state index in [1.54, 1.807) is 29.2 Å². The predicted molar refractivity (Wildman–Crippen MR) is 98.9 cm³/mol. The number of nitrogens with zero attached hydrogens (tertiary/aromatic N) is 1. The van der Waals surface area contributed by atoms with Gasteiger partial charge >= 0.3 is 0 Å². The molecule has 0 bridgehead atoms. The van der Waals surface area contributed by atoms with Crippen LogP contribution in [0.1, 0.15) is 43.6 Å². The van der Waals surface area contributed by atoms with Crippen molar-refractivity contribution in [1.82, 2.24) is 4.90 Å². The van der Waals surface area contributed by atoms with Crippen LogP contribution < -0.4 is 4.74 Å². The summed E-state index contributed by atoms with van der Waals surface area (Å²) < 4.78 is 18.5. The molecule has 0 saturated heterocycles. The van der Waals surface area contributed by atoms with E-state index in [2.05, 4.69) is 0 Å². The number of carbonyl (C=O) groups excluding carboxylic acids is 2. The molecule has 0 saturated carbocycles. The number of rotatable bonds is 7. The van der Waals surface area contributed by atoms with Crippen molar-refractivity contribution in [1.29, 1.82) is 0 Å². The third kappa shape index (κ3) is 4.91. The van der Waals surface area contributed by atoms with E-state index in [9.17, 15) is 14.0 Å². The Morgan fingerprint density at radius 2 is 1.35 bits per heavy atom. The minimum absolute atomic E-state index is 0.0540. The van der Waals surface area contributed by atoms with Crippen LogP contribution in [0, 0.1) is 5.82 Å². The van der Waals surface area contributed by atoms with Crippen LogP contribution in [0.25, 0.3) is 0 Å². The molecule has 0 radical (unpaired) electrons. The van der Waals surface area contributed by atoms with E-state index >= 15 is 0 Å². The summed E-state index contributed by atoms with van der Waals surface area (Å²) in [4.78, 5) is 26.4. The summed E-state index contributed by atoms with van der Waals surface area (Å²) in [5.74, 6) is -0.145. The van der Waals surface area contributed by atoms with Crippen molar-refractivity contribution in [2.75, 3.05) is 6.61 Å². The van der Waals surface area contributed by atoms with Gasteiger partial charge in [0.2, 0.25) is 0 Å². The van der Waals surface area contributed by atoms with Crippen LogP contribution in [0.3, 0.4) is 0 Å². The van der Waals surface area contributed by atoms with Crippen LogP contribution in [-0.4, -0.2) is 35.3 Å². The average Bonchev–Trinajstić information content (AvgIpc) is 2.60. The highest BCUT2D eigenvalue weighted by Gasteiger charge is 2.20. The summed E-state index contributed by atoms with van der Waals surface area (Å²) >= 11 is 0. The molecule has 4 nitrogen and oxygen atoms in total. The third-order valence-electron chi connectivity index (χ3n) is 3.99. The van der Waals surface area contributed by atoms with Crippen LogP contribution >= 0.6 is 0 Å². The standard InChI is InChI=1S/C21H24FNO3/c1-14(2)23(15(3)4)20(24)13-26-19-11-7-17(8-12-19)21(25)16-5-9-18(22)10-6-16/h5-12,14-15H,13H2,1-4H3. The summed E-state index contributed by atoms with van der Waals surface area (Å²) in [7, 11) is 0. The number of carbonyl (C=O) groups is 2. The van der Waals surface area contributed by atoms with Crippen molar-refractivity contribution in [3.05, 3.63) is 65.5 Å². The van der Waals surface area contributed by atoms with Gasteiger partial charge in [0, 0.05) is 23.2 Å². The van der Waals surface area contributed by atoms with Crippen molar-refractivity contribution < 1.29 is 18.7 Å². The fourth-order valence-electron chi connectivity index (χ4n) is 2.86. The van der Waals surface area contributed by atoms with E-state index in [0.29, 0.717) is 16.9 Å². The van der Waals surface area contributed by atoms with Gasteiger partial charge in [-0.2, -0.15) is 0 Å². The predicted octanol–water partition coefficient (Wildman–Crippen LogP) is 4.08. The first-order valence-corrected chi connectivity index (χ1v) is 8.64. The highest BCUT2D eigenvalue weighted by Crippen LogP contribution is 2.16. The Balaban J connectivity index is 2.00. The smallest absolute Gasteiger partial charge is 0.260 e. The van der Waals surface area contributed by atoms with Crippen LogP contribution in [-0.2, 0) is 4.79 Å². The van der Waals surface area contributed by atoms with Gasteiger partial charge in [0.15, 0.2) is 12.4 Å². The summed E-state index contributed by atoms with van der Waals surface area (Å²) in [6.07, 6.45) is 0. The minimum atomic E-state index is -0.383. The van der Waals surface area contributed by atoms with Crippen LogP contribution in [0.5, 0.6) is 5.75 Å². The summed E-state index contributed by atoms with van der Waals surface area (Å²) in [6, 6.07) is 12.2. The van der Waals surface area contributed by atoms with E-state index in [0.717, 1.165) is 0 Å². The van der Waals surface area contributed by atoms with E-state index < -0.39 is 0 Å². The van der Waals surface area contributed by atoms with Gasteiger partial charge in [-0.1, -0.05) is 0 Å². The molecule has 0 aliphatic heterocycles. The van der Waals surface area contributed by atoms with Gasteiger partial charge in [0.25, 0.3) is 5.91 Å². The summed E-state index contributed by atoms with van der Waals surface area (Å²) in [5.41, 5.74) is 0.890. The van der Waals surface area contributed by atoms with Crippen LogP contribution in [0.2, 0.25) is 0 Å². The van der Waals surface area contributed by atoms with Gasteiger partial charge in [0.1, 0.15) is 11.6 Å². The van der Waals surface area contributed by atoms with Crippen LogP contribution in [0.15, 0.2) is 48.5 Å². The lowest BCUT2D eigenvalue weighted by Gasteiger charge is -2.30. The molecule has 0 aliphatic rings. The molecule has 0 aromatic heterocycles. The molecule has 26 heavy (non-hydrogen) atoms. The fourth-order valence-corrected chi connectivity index (χ4v) is 2.86. The first kappa shape index (κ1) is 19.6. The largest absolute Gasteiger partial charge is 0.484 e. The molecule has 0 atom stereocenters. The summed E-state index contributed by atoms with van der Waals surface area (Å²) in [6.45, 7) is 7.81. The maximum Gasteiger partial charge on any atom is 0.260 e. The Labute approximate surface area is 153 Å². The third-order valence-corrected chi connectivity index (χ3v) is 3.99. The van der Waals surface area contributed by atoms with Crippen LogP contribution in [0.4, 0.5) is 4.39 Å². The van der Waals surface area contributed by atoms with E-state index in [-0.39, 0.29) is 36.2 Å². The maximum atomic E-state index is 13.0. The normalized spacial score (nSPS) is 10.9. The minimum Gasteiger partial charge on any atom is -0.484 e. The molecule has 2 aromatic rings. The monoisotopic (exact) mass is 357 g/mol. The lowest BCUT2D eigenvalue weighted by molar-refractivity contribution is -0.136. The molecule has 0 heterocycles. The molecule has 2 aromatic carbocycles. The van der Waals surface area contributed by atoms with Gasteiger partial charge in [-0.3, -0.25) is 9.59 Å². The molecule has 0 aliphatic carbocycles. The van der Waals surface area contributed by atoms with Gasteiger partial charge in [0.05, 0.1) is 0 Å². The second kappa shape index (κ2) is 8.61. The molecule has 0 spiro atoms. The number of benzene rings is 2. The molecular weight excluding hydrogens is 333 g/mol. The Morgan fingerprint density at radius 1 is 0.885 bits per heavy atom. The molecule has 2 rings (SSSR count). The lowest BCUT2D eigenvalue weighted by Crippen LogP contribution is -2.44. The van der Waals surface area contributed by atoms with Crippen molar-refractivity contribution in [2.45, 2.75) is 39.8 Å². The molecule has 0 unspecified atom stereocenters. The first-order valence-electron chi connectivity index (χ1n) is 8.64. The zero-order valence-corrected chi connectivity index (χ0v) is 15.5. The van der Waals surface area contributed by atoms with Gasteiger partial charge in [-0.15, -0.1) is 0 Å². The number of ketones is 1. The quantitative estimate of drug-likeness (QED) is 0.702. The fraction of sp³-hybridized carbons (Fsp3) is 0.333. The molecule has 138 valence electrons. The number of halogens is 1. The number of hydrogen-bond acceptors (Lipinski definition) is 3. The van der Waals surface area contributed by atoms with Gasteiger partial charge in [-0.25, -0.2) is 4.39 Å². The molecule has 5 heteroatoms. The Bertz CT molecular complexity index is 744. The Kier molecular flexibility index (Phi) is 6.50. The van der Waals surface area contributed by atoms with Gasteiger partial charge in [-0.05, 0) is 76.2 Å². The summed E-state index contributed by atoms with van der Waals surface area (Å²) in [5, 5.41) is 0. The van der Waals surface area contributed by atoms with Crippen molar-refractivity contribution in [2.24, 2.45) is 0 Å². The van der Waals surface area contributed by atoms with Crippen molar-refractivity contribution in [3.8, 4) is 5.75 Å². The van der Waals surface area contributed by atoms with E-state index in [1.165, 1.54) is 24.3 Å². The van der Waals surface area contributed by atoms with Crippen molar-refractivity contribution in [3.63, 3.8) is 0 Å². The van der Waals surface area contributed by atoms with Crippen molar-refractivity contribution >= 4 is 11.7 Å². The first-order chi connectivity index (χ1) is 12.3. The molecule has 0 N–H and O–H groups in total. The average molecular weight is 357 g/mol. The number of hydrogen-bond donors (Lipinski definition) is 0. The highest BCUT2D eigenvalue weighted by molar-refractivity contribution is 6.09. The zero-order valence-electron chi connectivity index (χ0n) is 15.5. The highest BCUT2D eigenvalue weighted by atomic mass is 19.1. The molecule has 0 fully saturated rings. The topological polar surface area (TPSA) is 46.6 Å². The molecule has 1 amide bonds. The Hall–Kier alpha value is -2.69. The lowest BCUT2D eigenvalue weighted by atomic mass is 10.0. The Morgan fingerprint density at radius 3 is 1.81 bits per heavy atom. The van der Waals surface area contributed by atoms with Gasteiger partial charge < -0.3 is 9.64 Å². The number of amides is 1. The van der Waals surface area contributed by atoms with E-state index in [1.807, 2.05) is 27.7 Å². The zero-order chi connectivity index (χ0) is 19.3. The second-order valence-electron chi connectivity index (χ2n) is 6.64. The molecular formula is C21H24FNO3. The number of ether oxygens (including phenoxy) is 1. The SMILES string of the molecule is CC(C)N(C(=O)COc1ccc(C(=O)c2ccc(F)cc2)cc1)C(C)C. The maximum absolute atomic E-state index is 13.0.